The summed E-state index contributed by atoms with van der Waals surface area (Å²) in [6.45, 7) is 20.1. The van der Waals surface area contributed by atoms with Gasteiger partial charge in [0.25, 0.3) is 0 Å². The van der Waals surface area contributed by atoms with Gasteiger partial charge in [-0.1, -0.05) is 24.3 Å². The number of methoxy groups -OCH3 is 1. The Morgan fingerprint density at radius 1 is 1.03 bits per heavy atom. The van der Waals surface area contributed by atoms with Crippen LogP contribution in [-0.4, -0.2) is 35.5 Å². The molecule has 1 aliphatic rings. The second kappa shape index (κ2) is 12.7. The van der Waals surface area contributed by atoms with Crippen molar-refractivity contribution >= 4 is 29.4 Å². The first-order chi connectivity index (χ1) is 17.8. The fraction of sp³-hybridized carbons (Fsp3) is 0.433. The van der Waals surface area contributed by atoms with Gasteiger partial charge >= 0.3 is 12.2 Å². The highest BCUT2D eigenvalue weighted by atomic mass is 16.6. The Bertz CT molecular complexity index is 1150. The predicted molar refractivity (Wildman–Crippen MR) is 152 cm³/mol. The Kier molecular flexibility index (Phi) is 10.2. The van der Waals surface area contributed by atoms with Crippen molar-refractivity contribution < 1.29 is 23.8 Å². The van der Waals surface area contributed by atoms with Crippen LogP contribution < -0.4 is 9.80 Å². The molecule has 8 heteroatoms. The molecule has 0 radical (unpaired) electrons. The maximum absolute atomic E-state index is 13.5. The van der Waals surface area contributed by atoms with Crippen molar-refractivity contribution in [2.24, 2.45) is 0 Å². The van der Waals surface area contributed by atoms with E-state index >= 15 is 0 Å². The lowest BCUT2D eigenvalue weighted by molar-refractivity contribution is 0.0570. The lowest BCUT2D eigenvalue weighted by Crippen LogP contribution is -2.37. The van der Waals surface area contributed by atoms with E-state index in [0.717, 1.165) is 5.56 Å². The molecule has 3 rings (SSSR count). The number of fused-ring (bicyclic) bond motifs is 2. The highest BCUT2D eigenvalue weighted by molar-refractivity contribution is 6.04. The monoisotopic (exact) mass is 523 g/mol. The van der Waals surface area contributed by atoms with Gasteiger partial charge in [0.1, 0.15) is 17.0 Å². The van der Waals surface area contributed by atoms with E-state index in [1.807, 2.05) is 45.9 Å². The zero-order chi connectivity index (χ0) is 28.7. The van der Waals surface area contributed by atoms with Crippen molar-refractivity contribution in [3.05, 3.63) is 73.0 Å². The van der Waals surface area contributed by atoms with Gasteiger partial charge in [0.2, 0.25) is 0 Å². The zero-order valence-corrected chi connectivity index (χ0v) is 23.9. The van der Waals surface area contributed by atoms with Crippen LogP contribution in [0, 0.1) is 0 Å². The number of ether oxygens (including phenoxy) is 3. The molecular weight excluding hydrogens is 482 g/mol. The third kappa shape index (κ3) is 7.92. The van der Waals surface area contributed by atoms with Gasteiger partial charge in [0.05, 0.1) is 24.0 Å². The maximum Gasteiger partial charge on any atom is 0.420 e. The van der Waals surface area contributed by atoms with Gasteiger partial charge in [-0.15, -0.1) is 13.2 Å². The molecule has 1 aromatic carbocycles. The van der Waals surface area contributed by atoms with Gasteiger partial charge in [0.15, 0.2) is 0 Å². The van der Waals surface area contributed by atoms with E-state index in [9.17, 15) is 9.59 Å². The van der Waals surface area contributed by atoms with Crippen LogP contribution in [0.2, 0.25) is 0 Å². The maximum atomic E-state index is 13.5. The molecule has 0 fully saturated rings. The number of pyridine rings is 1. The van der Waals surface area contributed by atoms with E-state index in [2.05, 4.69) is 18.1 Å². The van der Waals surface area contributed by atoms with Gasteiger partial charge in [-0.05, 0) is 78.6 Å². The molecule has 2 aromatic rings. The second-order valence-corrected chi connectivity index (χ2v) is 10.8. The summed E-state index contributed by atoms with van der Waals surface area (Å²) >= 11 is 0. The molecule has 0 spiro atoms. The normalized spacial score (nSPS) is 13.6. The molecule has 1 atom stereocenters. The number of aromatic nitrogens is 1. The first kappa shape index (κ1) is 30.6. The van der Waals surface area contributed by atoms with Crippen LogP contribution in [0.3, 0.4) is 0 Å². The molecule has 1 aliphatic heterocycles. The molecule has 1 aromatic heterocycles. The summed E-state index contributed by atoms with van der Waals surface area (Å²) in [7, 11) is 1.62. The molecule has 2 amide bonds. The largest absolute Gasteiger partial charge is 0.443 e. The Morgan fingerprint density at radius 3 is 2.18 bits per heavy atom. The average molecular weight is 524 g/mol. The number of amides is 2. The Labute approximate surface area is 226 Å². The summed E-state index contributed by atoms with van der Waals surface area (Å²) < 4.78 is 17.1. The molecule has 0 N–H and O–H groups in total. The van der Waals surface area contributed by atoms with E-state index in [-0.39, 0.29) is 12.6 Å². The van der Waals surface area contributed by atoms with Crippen molar-refractivity contribution in [1.82, 2.24) is 4.98 Å². The molecule has 1 unspecified atom stereocenters. The lowest BCUT2D eigenvalue weighted by Gasteiger charge is -2.30. The van der Waals surface area contributed by atoms with E-state index < -0.39 is 23.4 Å². The number of carbonyl (C=O) groups excluding carboxylic acids is 2. The van der Waals surface area contributed by atoms with Crippen LogP contribution in [-0.2, 0) is 20.8 Å². The van der Waals surface area contributed by atoms with Crippen molar-refractivity contribution in [2.75, 3.05) is 16.9 Å². The van der Waals surface area contributed by atoms with Gasteiger partial charge < -0.3 is 14.2 Å². The molecule has 0 bridgehead atoms. The van der Waals surface area contributed by atoms with E-state index in [1.54, 1.807) is 58.4 Å². The molecule has 206 valence electrons. The summed E-state index contributed by atoms with van der Waals surface area (Å²) in [5, 5.41) is 0. The fourth-order valence-corrected chi connectivity index (χ4v) is 3.76. The number of carbonyl (C=O) groups is 2. The van der Waals surface area contributed by atoms with Gasteiger partial charge in [-0.3, -0.25) is 4.90 Å². The standard InChI is InChI=1S/C27H35N3O5.C3H6/c1-9-11-22(33-8)18-13-14-20-21(16-18)29(24(31)34-26(2,3)4)17-19-12-10-15-28-23(19)30(20)25(32)35-27(5,6)7;1-3-2/h9-10,12-16,22H,1,11,17H2,2-8H3;3H,1H2,2H3. The number of hydrogen-bond acceptors (Lipinski definition) is 6. The molecule has 2 heterocycles. The van der Waals surface area contributed by atoms with E-state index in [1.165, 1.54) is 9.80 Å². The van der Waals surface area contributed by atoms with E-state index in [4.69, 9.17) is 14.2 Å². The summed E-state index contributed by atoms with van der Waals surface area (Å²) in [5.74, 6) is 0.399. The van der Waals surface area contributed by atoms with Crippen LogP contribution >= 0.6 is 0 Å². The van der Waals surface area contributed by atoms with Crippen molar-refractivity contribution in [1.29, 1.82) is 0 Å². The molecule has 0 saturated heterocycles. The molecule has 38 heavy (non-hydrogen) atoms. The molecular formula is C30H41N3O5. The van der Waals surface area contributed by atoms with Gasteiger partial charge in [-0.25, -0.2) is 19.5 Å². The predicted octanol–water partition coefficient (Wildman–Crippen LogP) is 7.87. The second-order valence-electron chi connectivity index (χ2n) is 10.8. The van der Waals surface area contributed by atoms with Crippen molar-refractivity contribution in [3.8, 4) is 0 Å². The first-order valence-corrected chi connectivity index (χ1v) is 12.6. The van der Waals surface area contributed by atoms with Crippen LogP contribution in [0.1, 0.15) is 72.1 Å². The number of rotatable bonds is 4. The number of allylic oxidation sites excluding steroid dienone is 1. The number of nitrogens with zero attached hydrogens (tertiary/aromatic N) is 3. The third-order valence-electron chi connectivity index (χ3n) is 5.17. The highest BCUT2D eigenvalue weighted by Gasteiger charge is 2.36. The van der Waals surface area contributed by atoms with Crippen LogP contribution in [0.5, 0.6) is 0 Å². The lowest BCUT2D eigenvalue weighted by atomic mass is 10.0. The number of anilines is 3. The quantitative estimate of drug-likeness (QED) is 0.379. The van der Waals surface area contributed by atoms with Crippen molar-refractivity contribution in [2.45, 2.75) is 78.7 Å². The summed E-state index contributed by atoms with van der Waals surface area (Å²) in [6, 6.07) is 9.10. The zero-order valence-electron chi connectivity index (χ0n) is 23.9. The van der Waals surface area contributed by atoms with E-state index in [0.29, 0.717) is 29.2 Å². The minimum atomic E-state index is -0.728. The number of benzene rings is 1. The van der Waals surface area contributed by atoms with Gasteiger partial charge in [-0.2, -0.15) is 0 Å². The van der Waals surface area contributed by atoms with Gasteiger partial charge in [0, 0.05) is 18.9 Å². The molecule has 8 nitrogen and oxygen atoms in total. The Morgan fingerprint density at radius 2 is 1.63 bits per heavy atom. The van der Waals surface area contributed by atoms with Crippen LogP contribution in [0.15, 0.2) is 61.8 Å². The minimum Gasteiger partial charge on any atom is -0.443 e. The summed E-state index contributed by atoms with van der Waals surface area (Å²) in [6.07, 6.45) is 4.33. The first-order valence-electron chi connectivity index (χ1n) is 12.6. The third-order valence-corrected chi connectivity index (χ3v) is 5.17. The fourth-order valence-electron chi connectivity index (χ4n) is 3.76. The topological polar surface area (TPSA) is 81.2 Å². The average Bonchev–Trinajstić information content (AvgIpc) is 2.95. The SMILES string of the molecule is C=CC.C=CCC(OC)c1ccc2c(c1)N(C(=O)OC(C)(C)C)Cc1cccnc1N2C(=O)OC(C)(C)C. The molecule has 0 saturated carbocycles. The Hall–Kier alpha value is -3.65. The number of hydrogen-bond donors (Lipinski definition) is 0. The van der Waals surface area contributed by atoms with Crippen LogP contribution in [0.4, 0.5) is 26.8 Å². The molecule has 0 aliphatic carbocycles. The smallest absolute Gasteiger partial charge is 0.420 e. The minimum absolute atomic E-state index is 0.160. The Balaban J connectivity index is 0.00000161. The summed E-state index contributed by atoms with van der Waals surface area (Å²) in [5.41, 5.74) is 1.03. The highest BCUT2D eigenvalue weighted by Crippen LogP contribution is 2.43. The summed E-state index contributed by atoms with van der Waals surface area (Å²) in [4.78, 5) is 34.3. The van der Waals surface area contributed by atoms with Crippen molar-refractivity contribution in [3.63, 3.8) is 0 Å². The van der Waals surface area contributed by atoms with Crippen LogP contribution in [0.25, 0.3) is 0 Å².